The lowest BCUT2D eigenvalue weighted by Crippen LogP contribution is -2.39. The van der Waals surface area contributed by atoms with Crippen LogP contribution in [0.15, 0.2) is 48.2 Å². The molecule has 1 N–H and O–H groups in total. The first-order chi connectivity index (χ1) is 20.1. The van der Waals surface area contributed by atoms with Crippen molar-refractivity contribution in [3.8, 4) is 16.9 Å². The van der Waals surface area contributed by atoms with Crippen LogP contribution in [0.25, 0.3) is 16.7 Å². The molecule has 0 unspecified atom stereocenters. The molecule has 8 heteroatoms. The van der Waals surface area contributed by atoms with Crippen LogP contribution in [0.1, 0.15) is 57.6 Å². The van der Waals surface area contributed by atoms with E-state index in [2.05, 4.69) is 56.0 Å². The minimum Gasteiger partial charge on any atom is -0.497 e. The predicted molar refractivity (Wildman–Crippen MR) is 163 cm³/mol. The number of rotatable bonds is 14. The van der Waals surface area contributed by atoms with Crippen molar-refractivity contribution >= 4 is 17.3 Å². The second-order valence-electron chi connectivity index (χ2n) is 11.9. The van der Waals surface area contributed by atoms with Gasteiger partial charge < -0.3 is 29.0 Å². The van der Waals surface area contributed by atoms with Gasteiger partial charge in [-0.2, -0.15) is 0 Å². The van der Waals surface area contributed by atoms with Crippen LogP contribution in [-0.4, -0.2) is 80.5 Å². The minimum atomic E-state index is -0.969. The molecule has 1 saturated heterocycles. The number of benzene rings is 2. The summed E-state index contributed by atoms with van der Waals surface area (Å²) in [4.78, 5) is 26.1. The van der Waals surface area contributed by atoms with Gasteiger partial charge in [0.1, 0.15) is 24.2 Å². The second kappa shape index (κ2) is 14.8. The van der Waals surface area contributed by atoms with E-state index in [4.69, 9.17) is 24.1 Å². The van der Waals surface area contributed by atoms with Crippen molar-refractivity contribution in [2.45, 2.75) is 59.5 Å². The first-order valence-electron chi connectivity index (χ1n) is 15.0. The maximum Gasteiger partial charge on any atom is 0.329 e. The Morgan fingerprint density at radius 2 is 1.67 bits per heavy atom. The number of allylic oxidation sites excluding steroid dienone is 2. The molecule has 0 bridgehead atoms. The Morgan fingerprint density at radius 3 is 2.36 bits per heavy atom. The van der Waals surface area contributed by atoms with E-state index < -0.39 is 5.97 Å². The number of ketones is 1. The molecule has 1 fully saturated rings. The van der Waals surface area contributed by atoms with Crippen LogP contribution < -0.4 is 4.74 Å². The highest BCUT2D eigenvalue weighted by molar-refractivity contribution is 6.22. The normalized spacial score (nSPS) is 17.9. The van der Waals surface area contributed by atoms with Gasteiger partial charge in [-0.05, 0) is 72.6 Å². The molecule has 2 aromatic rings. The standard InChI is InChI=1S/C34H45NO7/c1-5-41-31-22-34(3,4)21-30(36)33(31)29-20-26(7-6-24(29)2)25-8-10-27(11-9-25)42-28-12-14-35(15-13-28)16-17-39-18-19-40-23-32(37)38/h6-11,20,28H,5,12-19,21-23H2,1-4H3,(H,37,38). The third-order valence-corrected chi connectivity index (χ3v) is 7.84. The second-order valence-corrected chi connectivity index (χ2v) is 11.9. The Kier molecular flexibility index (Phi) is 11.2. The molecule has 1 aliphatic carbocycles. The summed E-state index contributed by atoms with van der Waals surface area (Å²) < 4.78 is 22.8. The lowest BCUT2D eigenvalue weighted by Gasteiger charge is -2.32. The molecule has 228 valence electrons. The first-order valence-corrected chi connectivity index (χ1v) is 15.0. The number of aliphatic carboxylic acids is 1. The SMILES string of the molecule is CCOC1=C(c2cc(-c3ccc(OC4CCN(CCOCCOCC(=O)O)CC4)cc3)ccc2C)C(=O)CC(C)(C)C1. The fraction of sp³-hybridized carbons (Fsp3) is 0.529. The molecule has 0 saturated carbocycles. The Balaban J connectivity index is 1.31. The summed E-state index contributed by atoms with van der Waals surface area (Å²) in [6, 6.07) is 14.5. The average molecular weight is 580 g/mol. The zero-order valence-electron chi connectivity index (χ0n) is 25.4. The van der Waals surface area contributed by atoms with Crippen molar-refractivity contribution in [2.24, 2.45) is 5.41 Å². The number of hydrogen-bond donors (Lipinski definition) is 1. The van der Waals surface area contributed by atoms with Gasteiger partial charge >= 0.3 is 5.97 Å². The van der Waals surface area contributed by atoms with Crippen LogP contribution >= 0.6 is 0 Å². The monoisotopic (exact) mass is 579 g/mol. The molecular weight excluding hydrogens is 534 g/mol. The van der Waals surface area contributed by atoms with E-state index in [-0.39, 0.29) is 30.5 Å². The summed E-state index contributed by atoms with van der Waals surface area (Å²) in [5.41, 5.74) is 4.81. The number of likely N-dealkylation sites (tertiary alicyclic amines) is 1. The topological polar surface area (TPSA) is 94.5 Å². The molecule has 0 atom stereocenters. The minimum absolute atomic E-state index is 0.0984. The van der Waals surface area contributed by atoms with Gasteiger partial charge in [-0.1, -0.05) is 38.1 Å². The van der Waals surface area contributed by atoms with E-state index in [1.807, 2.05) is 19.1 Å². The van der Waals surface area contributed by atoms with Crippen molar-refractivity contribution in [2.75, 3.05) is 52.7 Å². The van der Waals surface area contributed by atoms with Gasteiger partial charge in [-0.25, -0.2) is 4.79 Å². The van der Waals surface area contributed by atoms with Crippen LogP contribution in [0.2, 0.25) is 0 Å². The molecule has 8 nitrogen and oxygen atoms in total. The molecule has 2 aromatic carbocycles. The molecule has 0 radical (unpaired) electrons. The highest BCUT2D eigenvalue weighted by atomic mass is 16.5. The fourth-order valence-electron chi connectivity index (χ4n) is 5.67. The summed E-state index contributed by atoms with van der Waals surface area (Å²) >= 11 is 0. The predicted octanol–water partition coefficient (Wildman–Crippen LogP) is 5.76. The smallest absolute Gasteiger partial charge is 0.329 e. The van der Waals surface area contributed by atoms with Gasteiger partial charge in [-0.3, -0.25) is 4.79 Å². The van der Waals surface area contributed by atoms with E-state index in [1.165, 1.54) is 0 Å². The van der Waals surface area contributed by atoms with E-state index in [0.717, 1.165) is 78.2 Å². The van der Waals surface area contributed by atoms with Crippen LogP contribution in [0.5, 0.6) is 5.75 Å². The molecular formula is C34H45NO7. The number of ether oxygens (including phenoxy) is 4. The van der Waals surface area contributed by atoms with Gasteiger partial charge in [0.25, 0.3) is 0 Å². The fourth-order valence-corrected chi connectivity index (χ4v) is 5.67. The number of piperidine rings is 1. The zero-order chi connectivity index (χ0) is 30.1. The van der Waals surface area contributed by atoms with Gasteiger partial charge in [0.2, 0.25) is 0 Å². The number of carbonyl (C=O) groups is 2. The number of Topliss-reactive ketones (excluding diaryl/α,β-unsaturated/α-hetero) is 1. The molecule has 2 aliphatic rings. The number of nitrogens with zero attached hydrogens (tertiary/aromatic N) is 1. The Bertz CT molecular complexity index is 1240. The molecule has 42 heavy (non-hydrogen) atoms. The van der Waals surface area contributed by atoms with Gasteiger partial charge in [0.05, 0.1) is 32.0 Å². The van der Waals surface area contributed by atoms with Crippen molar-refractivity contribution in [3.05, 3.63) is 59.4 Å². The summed E-state index contributed by atoms with van der Waals surface area (Å²) in [6.07, 6.45) is 3.36. The Labute approximate surface area is 249 Å². The van der Waals surface area contributed by atoms with Crippen LogP contribution in [-0.2, 0) is 23.8 Å². The highest BCUT2D eigenvalue weighted by Gasteiger charge is 2.35. The third-order valence-electron chi connectivity index (χ3n) is 7.84. The molecule has 0 amide bonds. The van der Waals surface area contributed by atoms with Crippen LogP contribution in [0.3, 0.4) is 0 Å². The summed E-state index contributed by atoms with van der Waals surface area (Å²) in [5.74, 6) is 0.854. The van der Waals surface area contributed by atoms with E-state index >= 15 is 0 Å². The molecule has 0 spiro atoms. The van der Waals surface area contributed by atoms with Crippen LogP contribution in [0.4, 0.5) is 0 Å². The van der Waals surface area contributed by atoms with Gasteiger partial charge in [0, 0.05) is 32.5 Å². The number of aryl methyl sites for hydroxylation is 1. The largest absolute Gasteiger partial charge is 0.497 e. The van der Waals surface area contributed by atoms with Crippen molar-refractivity contribution < 1.29 is 33.6 Å². The van der Waals surface area contributed by atoms with Crippen LogP contribution in [0, 0.1) is 12.3 Å². The van der Waals surface area contributed by atoms with E-state index in [0.29, 0.717) is 26.2 Å². The lowest BCUT2D eigenvalue weighted by atomic mass is 9.74. The first kappa shape index (κ1) is 31.7. The number of carboxylic acids is 1. The lowest BCUT2D eigenvalue weighted by molar-refractivity contribution is -0.142. The molecule has 4 rings (SSSR count). The quantitative estimate of drug-likeness (QED) is 0.283. The van der Waals surface area contributed by atoms with Gasteiger partial charge in [0.15, 0.2) is 5.78 Å². The maximum atomic E-state index is 13.3. The van der Waals surface area contributed by atoms with E-state index in [9.17, 15) is 9.59 Å². The Morgan fingerprint density at radius 1 is 0.976 bits per heavy atom. The summed E-state index contributed by atoms with van der Waals surface area (Å²) in [7, 11) is 0. The number of carboxylic acid groups (broad SMARTS) is 1. The number of hydrogen-bond acceptors (Lipinski definition) is 7. The van der Waals surface area contributed by atoms with Crippen molar-refractivity contribution in [3.63, 3.8) is 0 Å². The highest BCUT2D eigenvalue weighted by Crippen LogP contribution is 2.42. The molecule has 0 aromatic heterocycles. The third kappa shape index (κ3) is 8.90. The average Bonchev–Trinajstić information content (AvgIpc) is 2.94. The Hall–Kier alpha value is -3.20. The molecule has 1 aliphatic heterocycles. The number of carbonyl (C=O) groups excluding carboxylic acids is 1. The zero-order valence-corrected chi connectivity index (χ0v) is 25.4. The maximum absolute atomic E-state index is 13.3. The van der Waals surface area contributed by atoms with E-state index in [1.54, 1.807) is 0 Å². The summed E-state index contributed by atoms with van der Waals surface area (Å²) in [6.45, 7) is 12.5. The van der Waals surface area contributed by atoms with Crippen molar-refractivity contribution in [1.82, 2.24) is 4.90 Å². The summed E-state index contributed by atoms with van der Waals surface area (Å²) in [5, 5.41) is 8.56. The van der Waals surface area contributed by atoms with Gasteiger partial charge in [-0.15, -0.1) is 0 Å². The molecule has 1 heterocycles. The van der Waals surface area contributed by atoms with Crippen molar-refractivity contribution in [1.29, 1.82) is 0 Å².